The molecule has 20 heavy (non-hydrogen) atoms. The standard InChI is InChI=1S/C15H23BO3S/c1-14(2)15(3,4)19-16(18-14)13-9-11(10-20-13)12-7-5-6-8-17-12/h9-10,12H,5-8H2,1-4H3. The molecule has 5 heteroatoms. The lowest BCUT2D eigenvalue weighted by Crippen LogP contribution is -2.41. The molecule has 0 aromatic carbocycles. The molecule has 0 spiro atoms. The Bertz CT molecular complexity index is 461. The summed E-state index contributed by atoms with van der Waals surface area (Å²) in [4.78, 5) is 0. The zero-order chi connectivity index (χ0) is 14.4. The van der Waals surface area contributed by atoms with Crippen LogP contribution in [0.15, 0.2) is 11.4 Å². The summed E-state index contributed by atoms with van der Waals surface area (Å²) in [6, 6.07) is 2.20. The second-order valence-electron chi connectivity index (χ2n) is 6.73. The Morgan fingerprint density at radius 3 is 2.45 bits per heavy atom. The van der Waals surface area contributed by atoms with E-state index in [0.717, 1.165) is 17.8 Å². The largest absolute Gasteiger partial charge is 0.505 e. The number of hydrogen-bond acceptors (Lipinski definition) is 4. The van der Waals surface area contributed by atoms with E-state index in [9.17, 15) is 0 Å². The van der Waals surface area contributed by atoms with Crippen LogP contribution in [0.3, 0.4) is 0 Å². The second kappa shape index (κ2) is 5.13. The maximum absolute atomic E-state index is 6.10. The van der Waals surface area contributed by atoms with Crippen LogP contribution in [0.2, 0.25) is 0 Å². The Balaban J connectivity index is 1.74. The lowest BCUT2D eigenvalue weighted by molar-refractivity contribution is 0.00578. The van der Waals surface area contributed by atoms with Crippen molar-refractivity contribution in [2.45, 2.75) is 64.3 Å². The molecular weight excluding hydrogens is 271 g/mol. The van der Waals surface area contributed by atoms with E-state index >= 15 is 0 Å². The van der Waals surface area contributed by atoms with Crippen molar-refractivity contribution in [1.82, 2.24) is 0 Å². The van der Waals surface area contributed by atoms with Gasteiger partial charge in [0.05, 0.1) is 17.3 Å². The number of ether oxygens (including phenoxy) is 1. The maximum Gasteiger partial charge on any atom is 0.505 e. The van der Waals surface area contributed by atoms with Crippen molar-refractivity contribution in [1.29, 1.82) is 0 Å². The highest BCUT2D eigenvalue weighted by molar-refractivity contribution is 7.20. The molecule has 0 aliphatic carbocycles. The van der Waals surface area contributed by atoms with Gasteiger partial charge in [0.15, 0.2) is 0 Å². The van der Waals surface area contributed by atoms with Crippen molar-refractivity contribution in [3.63, 3.8) is 0 Å². The summed E-state index contributed by atoms with van der Waals surface area (Å²) in [6.45, 7) is 9.24. The molecule has 3 rings (SSSR count). The Kier molecular flexibility index (Phi) is 3.74. The number of hydrogen-bond donors (Lipinski definition) is 0. The van der Waals surface area contributed by atoms with Gasteiger partial charge in [-0.05, 0) is 64.0 Å². The SMILES string of the molecule is CC1(C)OB(c2cc(C3CCCCO3)cs2)OC1(C)C. The van der Waals surface area contributed by atoms with Crippen LogP contribution >= 0.6 is 11.3 Å². The molecule has 0 amide bonds. The quantitative estimate of drug-likeness (QED) is 0.783. The van der Waals surface area contributed by atoms with Gasteiger partial charge < -0.3 is 14.0 Å². The highest BCUT2D eigenvalue weighted by atomic mass is 32.1. The zero-order valence-corrected chi connectivity index (χ0v) is 13.6. The zero-order valence-electron chi connectivity index (χ0n) is 12.8. The third-order valence-corrected chi connectivity index (χ3v) is 5.65. The van der Waals surface area contributed by atoms with Crippen LogP contribution in [0.25, 0.3) is 0 Å². The van der Waals surface area contributed by atoms with Gasteiger partial charge in [0.2, 0.25) is 0 Å². The van der Waals surface area contributed by atoms with Crippen molar-refractivity contribution >= 4 is 23.2 Å². The van der Waals surface area contributed by atoms with Crippen LogP contribution in [0, 0.1) is 0 Å². The molecule has 2 aliphatic rings. The Labute approximate surface area is 125 Å². The molecule has 3 nitrogen and oxygen atoms in total. The fourth-order valence-electron chi connectivity index (χ4n) is 2.62. The smallest absolute Gasteiger partial charge is 0.399 e. The summed E-state index contributed by atoms with van der Waals surface area (Å²) in [5.41, 5.74) is 0.728. The summed E-state index contributed by atoms with van der Waals surface area (Å²) in [5.74, 6) is 0. The molecule has 1 aromatic heterocycles. The highest BCUT2D eigenvalue weighted by Crippen LogP contribution is 2.37. The number of thiophene rings is 1. The van der Waals surface area contributed by atoms with Gasteiger partial charge in [-0.25, -0.2) is 0 Å². The second-order valence-corrected chi connectivity index (χ2v) is 7.67. The van der Waals surface area contributed by atoms with E-state index in [4.69, 9.17) is 14.0 Å². The molecule has 2 aliphatic heterocycles. The van der Waals surface area contributed by atoms with E-state index in [1.165, 1.54) is 18.4 Å². The minimum Gasteiger partial charge on any atom is -0.399 e. The summed E-state index contributed by atoms with van der Waals surface area (Å²) in [7, 11) is -0.248. The summed E-state index contributed by atoms with van der Waals surface area (Å²) < 4.78 is 19.2. The monoisotopic (exact) mass is 294 g/mol. The number of rotatable bonds is 2. The van der Waals surface area contributed by atoms with Crippen LogP contribution in [-0.2, 0) is 14.0 Å². The Hall–Kier alpha value is -0.355. The van der Waals surface area contributed by atoms with E-state index in [-0.39, 0.29) is 24.4 Å². The van der Waals surface area contributed by atoms with Gasteiger partial charge in [-0.2, -0.15) is 11.3 Å². The third-order valence-electron chi connectivity index (χ3n) is 4.68. The van der Waals surface area contributed by atoms with Crippen molar-refractivity contribution in [2.24, 2.45) is 0 Å². The van der Waals surface area contributed by atoms with Crippen LogP contribution in [0.4, 0.5) is 0 Å². The molecule has 2 saturated heterocycles. The van der Waals surface area contributed by atoms with Crippen LogP contribution < -0.4 is 4.78 Å². The van der Waals surface area contributed by atoms with Crippen LogP contribution in [0.5, 0.6) is 0 Å². The predicted molar refractivity (Wildman–Crippen MR) is 82.6 cm³/mol. The molecule has 110 valence electrons. The Morgan fingerprint density at radius 1 is 1.15 bits per heavy atom. The predicted octanol–water partition coefficient (Wildman–Crippen LogP) is 3.29. The first-order valence-electron chi connectivity index (χ1n) is 7.45. The average Bonchev–Trinajstić information content (AvgIpc) is 2.94. The van der Waals surface area contributed by atoms with Gasteiger partial charge in [0.25, 0.3) is 0 Å². The van der Waals surface area contributed by atoms with Gasteiger partial charge in [-0.1, -0.05) is 0 Å². The first-order valence-corrected chi connectivity index (χ1v) is 8.33. The topological polar surface area (TPSA) is 27.7 Å². The van der Waals surface area contributed by atoms with Gasteiger partial charge in [-0.15, -0.1) is 0 Å². The van der Waals surface area contributed by atoms with Crippen molar-refractivity contribution in [2.75, 3.05) is 6.61 Å². The molecular formula is C15H23BO3S. The van der Waals surface area contributed by atoms with E-state index in [1.807, 2.05) is 0 Å². The first kappa shape index (κ1) is 14.6. The molecule has 1 aromatic rings. The summed E-state index contributed by atoms with van der Waals surface area (Å²) in [5, 5.41) is 2.19. The lowest BCUT2D eigenvalue weighted by atomic mass is 9.87. The molecule has 0 bridgehead atoms. The van der Waals surface area contributed by atoms with Crippen LogP contribution in [-0.4, -0.2) is 24.9 Å². The van der Waals surface area contributed by atoms with E-state index in [0.29, 0.717) is 0 Å². The molecule has 1 unspecified atom stereocenters. The third kappa shape index (κ3) is 2.57. The summed E-state index contributed by atoms with van der Waals surface area (Å²) >= 11 is 1.71. The maximum atomic E-state index is 6.10. The fraction of sp³-hybridized carbons (Fsp3) is 0.733. The molecule has 0 saturated carbocycles. The van der Waals surface area contributed by atoms with Crippen molar-refractivity contribution in [3.05, 3.63) is 17.0 Å². The van der Waals surface area contributed by atoms with Gasteiger partial charge in [0.1, 0.15) is 0 Å². The highest BCUT2D eigenvalue weighted by Gasteiger charge is 2.52. The molecule has 2 fully saturated rings. The fourth-order valence-corrected chi connectivity index (χ4v) is 3.53. The Morgan fingerprint density at radius 2 is 1.85 bits per heavy atom. The van der Waals surface area contributed by atoms with Gasteiger partial charge >= 0.3 is 7.12 Å². The first-order chi connectivity index (χ1) is 9.39. The summed E-state index contributed by atoms with van der Waals surface area (Å²) in [6.07, 6.45) is 3.83. The molecule has 3 heterocycles. The normalized spacial score (nSPS) is 28.8. The van der Waals surface area contributed by atoms with Crippen molar-refractivity contribution in [3.8, 4) is 0 Å². The van der Waals surface area contributed by atoms with E-state index in [2.05, 4.69) is 39.1 Å². The van der Waals surface area contributed by atoms with Gasteiger partial charge in [-0.3, -0.25) is 0 Å². The minimum atomic E-state index is -0.275. The molecule has 1 atom stereocenters. The van der Waals surface area contributed by atoms with Gasteiger partial charge in [0, 0.05) is 11.4 Å². The minimum absolute atomic E-state index is 0.248. The van der Waals surface area contributed by atoms with E-state index in [1.54, 1.807) is 11.3 Å². The van der Waals surface area contributed by atoms with E-state index < -0.39 is 0 Å². The average molecular weight is 294 g/mol. The molecule has 0 radical (unpaired) electrons. The molecule has 0 N–H and O–H groups in total. The van der Waals surface area contributed by atoms with Crippen LogP contribution in [0.1, 0.15) is 58.6 Å². The lowest BCUT2D eigenvalue weighted by Gasteiger charge is -2.32. The van der Waals surface area contributed by atoms with Crippen molar-refractivity contribution < 1.29 is 14.0 Å².